The highest BCUT2D eigenvalue weighted by Crippen LogP contribution is 2.09. The number of anilines is 1. The largest absolute Gasteiger partial charge is 0.344 e. The summed E-state index contributed by atoms with van der Waals surface area (Å²) in [5.74, 6) is 0. The van der Waals surface area contributed by atoms with E-state index in [-0.39, 0.29) is 6.15 Å². The molecule has 1 aromatic carbocycles. The lowest BCUT2D eigenvalue weighted by molar-refractivity contribution is 1.47. The highest BCUT2D eigenvalue weighted by molar-refractivity contribution is 8.11. The summed E-state index contributed by atoms with van der Waals surface area (Å²) in [5.41, 5.74) is 2.20. The molecule has 1 aromatic rings. The highest BCUT2D eigenvalue weighted by atomic mass is 32.1. The van der Waals surface area contributed by atoms with Crippen LogP contribution in [-0.4, -0.2) is 4.32 Å². The summed E-state index contributed by atoms with van der Waals surface area (Å²) in [5, 5.41) is 2.94. The second kappa shape index (κ2) is 5.13. The monoisotopic (exact) mass is 200 g/mol. The number of thiol groups is 1. The average Bonchev–Trinajstić information content (AvgIpc) is 1.85. The minimum absolute atomic E-state index is 0. The molecule has 0 bridgehead atoms. The molecule has 0 unspecified atom stereocenters. The van der Waals surface area contributed by atoms with Crippen LogP contribution in [-0.2, 0) is 0 Å². The fourth-order valence-electron chi connectivity index (χ4n) is 0.846. The molecule has 0 saturated heterocycles. The summed E-state index contributed by atoms with van der Waals surface area (Å²) in [7, 11) is 0. The summed E-state index contributed by atoms with van der Waals surface area (Å²) in [6, 6.07) is 7.98. The third kappa shape index (κ3) is 3.71. The molecule has 0 aliphatic rings. The van der Waals surface area contributed by atoms with Crippen LogP contribution < -0.4 is 11.5 Å². The predicted octanol–water partition coefficient (Wildman–Crippen LogP) is 2.78. The number of benzene rings is 1. The zero-order valence-electron chi connectivity index (χ0n) is 6.87. The Morgan fingerprint density at radius 3 is 2.67 bits per heavy atom. The molecule has 0 aliphatic heterocycles. The van der Waals surface area contributed by atoms with Gasteiger partial charge in [0.1, 0.15) is 4.32 Å². The van der Waals surface area contributed by atoms with Crippen molar-refractivity contribution in [1.82, 2.24) is 6.15 Å². The van der Waals surface area contributed by atoms with Crippen LogP contribution in [0.4, 0.5) is 5.69 Å². The van der Waals surface area contributed by atoms with E-state index in [1.54, 1.807) is 0 Å². The molecule has 0 spiro atoms. The van der Waals surface area contributed by atoms with Crippen LogP contribution in [0.15, 0.2) is 24.3 Å². The standard InChI is InChI=1S/C8H9NS2.H3N/c1-6-3-2-4-7(5-6)9-8(10)11;/h2-5H,1H3,(H2,9,10,11);1H3. The zero-order valence-corrected chi connectivity index (χ0v) is 8.58. The first-order valence-corrected chi connectivity index (χ1v) is 4.10. The Bertz CT molecular complexity index is 274. The van der Waals surface area contributed by atoms with E-state index in [1.165, 1.54) is 5.56 Å². The predicted molar refractivity (Wildman–Crippen MR) is 61.4 cm³/mol. The van der Waals surface area contributed by atoms with Crippen LogP contribution in [0.2, 0.25) is 0 Å². The number of rotatable bonds is 1. The van der Waals surface area contributed by atoms with Gasteiger partial charge in [-0.25, -0.2) is 0 Å². The molecule has 0 fully saturated rings. The molecule has 4 N–H and O–H groups in total. The van der Waals surface area contributed by atoms with Gasteiger partial charge in [-0.3, -0.25) is 0 Å². The minimum Gasteiger partial charge on any atom is -0.344 e. The topological polar surface area (TPSA) is 47.0 Å². The van der Waals surface area contributed by atoms with Crippen molar-refractivity contribution in [1.29, 1.82) is 0 Å². The number of thiocarbonyl (C=S) groups is 1. The van der Waals surface area contributed by atoms with Gasteiger partial charge in [-0.1, -0.05) is 24.4 Å². The fourth-order valence-corrected chi connectivity index (χ4v) is 1.09. The van der Waals surface area contributed by atoms with Crippen LogP contribution in [0.3, 0.4) is 0 Å². The van der Waals surface area contributed by atoms with Gasteiger partial charge in [0.05, 0.1) is 0 Å². The van der Waals surface area contributed by atoms with Gasteiger partial charge in [0.15, 0.2) is 0 Å². The van der Waals surface area contributed by atoms with E-state index in [1.807, 2.05) is 31.2 Å². The van der Waals surface area contributed by atoms with Crippen molar-refractivity contribution in [3.8, 4) is 0 Å². The average molecular weight is 200 g/mol. The maximum Gasteiger partial charge on any atom is 0.135 e. The summed E-state index contributed by atoms with van der Waals surface area (Å²) in [6.45, 7) is 2.03. The van der Waals surface area contributed by atoms with Crippen LogP contribution >= 0.6 is 24.8 Å². The van der Waals surface area contributed by atoms with Gasteiger partial charge in [0, 0.05) is 5.69 Å². The first-order valence-electron chi connectivity index (χ1n) is 3.25. The summed E-state index contributed by atoms with van der Waals surface area (Å²) in [4.78, 5) is 0. The van der Waals surface area contributed by atoms with Crippen LogP contribution in [0.5, 0.6) is 0 Å². The zero-order chi connectivity index (χ0) is 8.27. The number of nitrogens with one attached hydrogen (secondary N) is 1. The third-order valence-corrected chi connectivity index (χ3v) is 1.48. The fraction of sp³-hybridized carbons (Fsp3) is 0.125. The van der Waals surface area contributed by atoms with Crippen molar-refractivity contribution in [3.63, 3.8) is 0 Å². The lowest BCUT2D eigenvalue weighted by atomic mass is 10.2. The minimum atomic E-state index is 0. The van der Waals surface area contributed by atoms with Crippen molar-refractivity contribution in [2.45, 2.75) is 6.92 Å². The van der Waals surface area contributed by atoms with Gasteiger partial charge < -0.3 is 11.5 Å². The summed E-state index contributed by atoms with van der Waals surface area (Å²) >= 11 is 8.74. The Kier molecular flexibility index (Phi) is 4.89. The first-order chi connectivity index (χ1) is 5.18. The van der Waals surface area contributed by atoms with Crippen molar-refractivity contribution in [3.05, 3.63) is 29.8 Å². The van der Waals surface area contributed by atoms with Crippen LogP contribution in [0.25, 0.3) is 0 Å². The molecule has 1 rings (SSSR count). The number of aryl methyl sites for hydroxylation is 1. The van der Waals surface area contributed by atoms with Gasteiger partial charge in [-0.2, -0.15) is 0 Å². The Labute approximate surface area is 83.4 Å². The Morgan fingerprint density at radius 2 is 2.17 bits per heavy atom. The van der Waals surface area contributed by atoms with E-state index in [0.717, 1.165) is 5.69 Å². The Hall–Kier alpha value is -0.580. The van der Waals surface area contributed by atoms with E-state index in [4.69, 9.17) is 12.2 Å². The SMILES string of the molecule is Cc1cccc(NC(=S)S)c1.N. The second-order valence-electron chi connectivity index (χ2n) is 2.30. The summed E-state index contributed by atoms with van der Waals surface area (Å²) in [6.07, 6.45) is 0. The van der Waals surface area contributed by atoms with Gasteiger partial charge in [0.25, 0.3) is 0 Å². The molecule has 0 saturated carbocycles. The van der Waals surface area contributed by atoms with E-state index in [2.05, 4.69) is 17.9 Å². The molecule has 0 aromatic heterocycles. The molecular formula is C8H12N2S2. The van der Waals surface area contributed by atoms with E-state index in [0.29, 0.717) is 4.32 Å². The van der Waals surface area contributed by atoms with Gasteiger partial charge >= 0.3 is 0 Å². The summed E-state index contributed by atoms with van der Waals surface area (Å²) < 4.78 is 0.496. The van der Waals surface area contributed by atoms with E-state index >= 15 is 0 Å². The van der Waals surface area contributed by atoms with E-state index in [9.17, 15) is 0 Å². The molecule has 2 nitrogen and oxygen atoms in total. The third-order valence-electron chi connectivity index (χ3n) is 1.27. The van der Waals surface area contributed by atoms with Crippen molar-refractivity contribution < 1.29 is 0 Å². The van der Waals surface area contributed by atoms with Crippen molar-refractivity contribution in [2.24, 2.45) is 0 Å². The Morgan fingerprint density at radius 1 is 1.50 bits per heavy atom. The maximum atomic E-state index is 4.77. The lowest BCUT2D eigenvalue weighted by Crippen LogP contribution is -2.00. The molecule has 4 heteroatoms. The maximum absolute atomic E-state index is 4.77. The highest BCUT2D eigenvalue weighted by Gasteiger charge is 1.91. The second-order valence-corrected chi connectivity index (χ2v) is 3.46. The molecule has 0 radical (unpaired) electrons. The molecule has 66 valence electrons. The van der Waals surface area contributed by atoms with Gasteiger partial charge in [0.2, 0.25) is 0 Å². The van der Waals surface area contributed by atoms with Crippen LogP contribution in [0, 0.1) is 6.92 Å². The quantitative estimate of drug-likeness (QED) is 0.482. The van der Waals surface area contributed by atoms with E-state index < -0.39 is 0 Å². The Balaban J connectivity index is 0.00000121. The molecule has 12 heavy (non-hydrogen) atoms. The molecule has 0 amide bonds. The molecular weight excluding hydrogens is 188 g/mol. The van der Waals surface area contributed by atoms with Gasteiger partial charge in [-0.15, -0.1) is 12.6 Å². The molecule has 0 heterocycles. The molecule has 0 aliphatic carbocycles. The number of hydrogen-bond acceptors (Lipinski definition) is 2. The van der Waals surface area contributed by atoms with Crippen LogP contribution in [0.1, 0.15) is 5.56 Å². The van der Waals surface area contributed by atoms with Crippen molar-refractivity contribution >= 4 is 34.9 Å². The van der Waals surface area contributed by atoms with Crippen molar-refractivity contribution in [2.75, 3.05) is 5.32 Å². The molecule has 0 atom stereocenters. The normalized spacial score (nSPS) is 8.50. The smallest absolute Gasteiger partial charge is 0.135 e. The lowest BCUT2D eigenvalue weighted by Gasteiger charge is -2.02. The van der Waals surface area contributed by atoms with Gasteiger partial charge in [-0.05, 0) is 24.6 Å². The number of hydrogen-bond donors (Lipinski definition) is 3. The first kappa shape index (κ1) is 11.4.